The van der Waals surface area contributed by atoms with Crippen LogP contribution in [0.25, 0.3) is 5.69 Å². The van der Waals surface area contributed by atoms with E-state index in [1.165, 1.54) is 10.7 Å². The number of anilines is 1. The fourth-order valence-electron chi connectivity index (χ4n) is 4.83. The number of carbonyl (C=O) groups excluding carboxylic acids is 2. The number of para-hydroxylation sites is 1. The molecule has 2 amide bonds. The summed E-state index contributed by atoms with van der Waals surface area (Å²) >= 11 is 0. The van der Waals surface area contributed by atoms with Gasteiger partial charge in [-0.25, -0.2) is 18.7 Å². The molecule has 1 aliphatic carbocycles. The van der Waals surface area contributed by atoms with E-state index < -0.39 is 11.4 Å². The fraction of sp³-hybridized carbons (Fsp3) is 0.320. The highest BCUT2D eigenvalue weighted by Gasteiger charge is 2.44. The van der Waals surface area contributed by atoms with Gasteiger partial charge >= 0.3 is 12.0 Å². The summed E-state index contributed by atoms with van der Waals surface area (Å²) in [6.45, 7) is 0. The molecule has 170 valence electrons. The molecule has 1 fully saturated rings. The molecular formula is C25H25FN4O3. The lowest BCUT2D eigenvalue weighted by molar-refractivity contribution is -0.0516. The Kier molecular flexibility index (Phi) is 5.36. The predicted molar refractivity (Wildman–Crippen MR) is 121 cm³/mol. The van der Waals surface area contributed by atoms with Crippen molar-refractivity contribution in [2.24, 2.45) is 0 Å². The summed E-state index contributed by atoms with van der Waals surface area (Å²) in [6, 6.07) is 15.3. The van der Waals surface area contributed by atoms with Crippen LogP contribution in [0.5, 0.6) is 0 Å². The Labute approximate surface area is 191 Å². The minimum atomic E-state index is -0.488. The minimum absolute atomic E-state index is 0.0279. The van der Waals surface area contributed by atoms with Gasteiger partial charge in [-0.15, -0.1) is 5.10 Å². The van der Waals surface area contributed by atoms with Gasteiger partial charge in [0.05, 0.1) is 5.56 Å². The number of rotatable bonds is 3. The molecule has 1 saturated carbocycles. The number of nitrogens with one attached hydrogen (secondary N) is 1. The van der Waals surface area contributed by atoms with Crippen LogP contribution in [0, 0.1) is 5.82 Å². The number of hydrogen-bond acceptors (Lipinski definition) is 4. The largest absolute Gasteiger partial charge is 0.455 e. The summed E-state index contributed by atoms with van der Waals surface area (Å²) in [5.41, 5.74) is 1.51. The lowest BCUT2D eigenvalue weighted by Gasteiger charge is -2.44. The number of amides is 2. The first-order chi connectivity index (χ1) is 15.9. The third kappa shape index (κ3) is 4.08. The minimum Gasteiger partial charge on any atom is -0.455 e. The van der Waals surface area contributed by atoms with Gasteiger partial charge in [0.1, 0.15) is 17.1 Å². The Balaban J connectivity index is 1.20. The van der Waals surface area contributed by atoms with Gasteiger partial charge in [0.2, 0.25) is 0 Å². The van der Waals surface area contributed by atoms with Crippen LogP contribution >= 0.6 is 0 Å². The van der Waals surface area contributed by atoms with E-state index in [9.17, 15) is 14.0 Å². The molecule has 0 atom stereocenters. The van der Waals surface area contributed by atoms with E-state index in [0.29, 0.717) is 36.3 Å². The number of fused-ring (bicyclic) bond motifs is 1. The van der Waals surface area contributed by atoms with Crippen LogP contribution in [0.1, 0.15) is 41.6 Å². The molecule has 2 heterocycles. The monoisotopic (exact) mass is 448 g/mol. The van der Waals surface area contributed by atoms with Gasteiger partial charge in [-0.1, -0.05) is 30.3 Å². The molecular weight excluding hydrogens is 423 g/mol. The molecule has 2 aromatic carbocycles. The van der Waals surface area contributed by atoms with Crippen molar-refractivity contribution in [3.05, 3.63) is 77.7 Å². The molecule has 5 rings (SSSR count). The van der Waals surface area contributed by atoms with Crippen LogP contribution in [0.4, 0.5) is 15.0 Å². The maximum absolute atomic E-state index is 14.0. The number of nitrogens with zero attached hydrogens (tertiary/aromatic N) is 3. The van der Waals surface area contributed by atoms with Crippen molar-refractivity contribution < 1.29 is 18.7 Å². The summed E-state index contributed by atoms with van der Waals surface area (Å²) in [6.07, 6.45) is 5.21. The summed E-state index contributed by atoms with van der Waals surface area (Å²) in [4.78, 5) is 27.0. The maximum Gasteiger partial charge on any atom is 0.338 e. The number of hydrogen-bond donors (Lipinski definition) is 1. The second kappa shape index (κ2) is 8.35. The molecule has 1 aromatic heterocycles. The highest BCUT2D eigenvalue weighted by Crippen LogP contribution is 2.40. The Morgan fingerprint density at radius 2 is 1.88 bits per heavy atom. The van der Waals surface area contributed by atoms with Crippen molar-refractivity contribution in [3.63, 3.8) is 0 Å². The van der Waals surface area contributed by atoms with E-state index in [0.717, 1.165) is 18.4 Å². The van der Waals surface area contributed by atoms with Crippen LogP contribution in [0.3, 0.4) is 0 Å². The van der Waals surface area contributed by atoms with Crippen molar-refractivity contribution >= 4 is 17.8 Å². The topological polar surface area (TPSA) is 76.5 Å². The lowest BCUT2D eigenvalue weighted by Crippen LogP contribution is -2.49. The summed E-state index contributed by atoms with van der Waals surface area (Å²) in [5.74, 6) is -0.301. The van der Waals surface area contributed by atoms with Gasteiger partial charge in [-0.05, 0) is 49.4 Å². The van der Waals surface area contributed by atoms with Gasteiger partial charge in [0.25, 0.3) is 0 Å². The number of carbonyl (C=O) groups is 2. The molecule has 1 aliphatic heterocycles. The molecule has 0 bridgehead atoms. The second-order valence-corrected chi connectivity index (χ2v) is 8.78. The number of halogens is 1. The highest BCUT2D eigenvalue weighted by molar-refractivity contribution is 5.92. The van der Waals surface area contributed by atoms with Crippen molar-refractivity contribution in [2.75, 3.05) is 12.4 Å². The predicted octanol–water partition coefficient (Wildman–Crippen LogP) is 4.57. The van der Waals surface area contributed by atoms with Crippen LogP contribution in [0.15, 0.2) is 60.8 Å². The molecule has 33 heavy (non-hydrogen) atoms. The molecule has 0 unspecified atom stereocenters. The van der Waals surface area contributed by atoms with Gasteiger partial charge < -0.3 is 9.64 Å². The van der Waals surface area contributed by atoms with E-state index >= 15 is 0 Å². The normalized spacial score (nSPS) is 21.9. The SMILES string of the molecule is CN(C(=O)Nc1ccn(-c2ccccc2F)n1)C1CCC2(CC1)Cc1ccccc1C(=O)O2. The Hall–Kier alpha value is -3.68. The summed E-state index contributed by atoms with van der Waals surface area (Å²) in [7, 11) is 1.76. The third-order valence-electron chi connectivity index (χ3n) is 6.72. The average molecular weight is 448 g/mol. The molecule has 2 aliphatic rings. The van der Waals surface area contributed by atoms with Crippen LogP contribution in [-0.4, -0.2) is 45.4 Å². The van der Waals surface area contributed by atoms with E-state index in [2.05, 4.69) is 10.4 Å². The van der Waals surface area contributed by atoms with Gasteiger partial charge in [-0.3, -0.25) is 5.32 Å². The van der Waals surface area contributed by atoms with Crippen molar-refractivity contribution in [1.29, 1.82) is 0 Å². The van der Waals surface area contributed by atoms with Crippen LogP contribution in [-0.2, 0) is 11.2 Å². The molecule has 1 spiro atoms. The first-order valence-corrected chi connectivity index (χ1v) is 11.1. The van der Waals surface area contributed by atoms with Crippen molar-refractivity contribution in [2.45, 2.75) is 43.7 Å². The number of urea groups is 1. The molecule has 8 heteroatoms. The van der Waals surface area contributed by atoms with Crippen LogP contribution < -0.4 is 5.32 Å². The van der Waals surface area contributed by atoms with Crippen LogP contribution in [0.2, 0.25) is 0 Å². The maximum atomic E-state index is 14.0. The van der Waals surface area contributed by atoms with E-state index in [4.69, 9.17) is 4.74 Å². The van der Waals surface area contributed by atoms with Crippen molar-refractivity contribution in [3.8, 4) is 5.69 Å². The second-order valence-electron chi connectivity index (χ2n) is 8.78. The first-order valence-electron chi connectivity index (χ1n) is 11.1. The zero-order chi connectivity index (χ0) is 23.0. The smallest absolute Gasteiger partial charge is 0.338 e. The number of aromatic nitrogens is 2. The van der Waals surface area contributed by atoms with E-state index in [1.807, 2.05) is 24.3 Å². The molecule has 7 nitrogen and oxygen atoms in total. The van der Waals surface area contributed by atoms with Gasteiger partial charge in [0.15, 0.2) is 5.82 Å². The lowest BCUT2D eigenvalue weighted by atomic mass is 9.76. The Morgan fingerprint density at radius 3 is 2.67 bits per heavy atom. The van der Waals surface area contributed by atoms with Crippen molar-refractivity contribution in [1.82, 2.24) is 14.7 Å². The fourth-order valence-corrected chi connectivity index (χ4v) is 4.83. The molecule has 0 radical (unpaired) electrons. The van der Waals surface area contributed by atoms with Gasteiger partial charge in [-0.2, -0.15) is 0 Å². The molecule has 1 N–H and O–H groups in total. The Bertz CT molecular complexity index is 1200. The standard InChI is InChI=1S/C25H25FN4O3/c1-29(24(32)27-22-12-15-30(28-22)21-9-5-4-8-20(21)26)18-10-13-25(14-11-18)16-17-6-2-3-7-19(17)23(31)33-25/h2-9,12,15,18H,10-11,13-14,16H2,1H3,(H,27,28,32). The highest BCUT2D eigenvalue weighted by atomic mass is 19.1. The molecule has 0 saturated heterocycles. The van der Waals surface area contributed by atoms with E-state index in [1.54, 1.807) is 42.4 Å². The number of ether oxygens (including phenoxy) is 1. The quantitative estimate of drug-likeness (QED) is 0.596. The zero-order valence-corrected chi connectivity index (χ0v) is 18.3. The average Bonchev–Trinajstić information content (AvgIpc) is 3.27. The first kappa shape index (κ1) is 21.2. The molecule has 3 aromatic rings. The summed E-state index contributed by atoms with van der Waals surface area (Å²) in [5, 5.41) is 7.05. The Morgan fingerprint density at radius 1 is 1.15 bits per heavy atom. The summed E-state index contributed by atoms with van der Waals surface area (Å²) < 4.78 is 21.3. The zero-order valence-electron chi connectivity index (χ0n) is 18.3. The number of benzene rings is 2. The van der Waals surface area contributed by atoms with E-state index in [-0.39, 0.29) is 18.0 Å². The third-order valence-corrected chi connectivity index (χ3v) is 6.72. The van der Waals surface area contributed by atoms with Gasteiger partial charge in [0, 0.05) is 31.8 Å². The number of esters is 1.